The van der Waals surface area contributed by atoms with Gasteiger partial charge in [0.2, 0.25) is 5.76 Å². The van der Waals surface area contributed by atoms with Gasteiger partial charge in [-0.15, -0.1) is 0 Å². The molecule has 112 valence electrons. The van der Waals surface area contributed by atoms with Crippen molar-refractivity contribution >= 4 is 5.97 Å². The van der Waals surface area contributed by atoms with Crippen LogP contribution in [0.25, 0.3) is 0 Å². The maximum Gasteiger partial charge on any atom is 0.372 e. The van der Waals surface area contributed by atoms with E-state index in [2.05, 4.69) is 0 Å². The molecule has 1 heterocycles. The van der Waals surface area contributed by atoms with Crippen molar-refractivity contribution in [3.63, 3.8) is 0 Å². The Balaban J connectivity index is 2.09. The lowest BCUT2D eigenvalue weighted by Crippen LogP contribution is -2.25. The number of nitrogens with zero attached hydrogens (tertiary/aromatic N) is 1. The van der Waals surface area contributed by atoms with Crippen molar-refractivity contribution < 1.29 is 19.4 Å². The van der Waals surface area contributed by atoms with Gasteiger partial charge < -0.3 is 14.6 Å². The summed E-state index contributed by atoms with van der Waals surface area (Å²) in [6, 6.07) is 11.6. The van der Waals surface area contributed by atoms with E-state index < -0.39 is 5.97 Å². The van der Waals surface area contributed by atoms with Gasteiger partial charge in [-0.1, -0.05) is 30.3 Å². The number of hydrogen-bond acceptors (Lipinski definition) is 4. The zero-order chi connectivity index (χ0) is 15.2. The van der Waals surface area contributed by atoms with E-state index in [1.54, 1.807) is 13.0 Å². The van der Waals surface area contributed by atoms with Gasteiger partial charge in [0.15, 0.2) is 0 Å². The fourth-order valence-electron chi connectivity index (χ4n) is 2.26. The molecule has 2 rings (SSSR count). The summed E-state index contributed by atoms with van der Waals surface area (Å²) in [7, 11) is 0. The first-order valence-corrected chi connectivity index (χ1v) is 6.80. The number of aryl methyl sites for hydroxylation is 1. The number of carboxylic acid groups (broad SMARTS) is 1. The van der Waals surface area contributed by atoms with Crippen molar-refractivity contribution in [1.82, 2.24) is 4.90 Å². The minimum Gasteiger partial charge on any atom is -0.475 e. The number of benzene rings is 1. The number of aliphatic hydroxyl groups excluding tert-OH is 1. The third-order valence-corrected chi connectivity index (χ3v) is 3.21. The highest BCUT2D eigenvalue weighted by Crippen LogP contribution is 2.17. The molecular weight excluding hydrogens is 270 g/mol. The SMILES string of the molecule is Cc1cc(CN(CCO)Cc2ccccc2)oc1C(=O)O. The molecule has 2 N–H and O–H groups in total. The van der Waals surface area contributed by atoms with Crippen molar-refractivity contribution in [3.05, 3.63) is 59.0 Å². The fraction of sp³-hybridized carbons (Fsp3) is 0.312. The second-order valence-corrected chi connectivity index (χ2v) is 4.95. The minimum atomic E-state index is -1.06. The molecule has 0 saturated heterocycles. The van der Waals surface area contributed by atoms with E-state index in [0.717, 1.165) is 5.56 Å². The predicted octanol–water partition coefficient (Wildman–Crippen LogP) is 2.28. The molecular formula is C16H19NO4. The summed E-state index contributed by atoms with van der Waals surface area (Å²) in [6.45, 7) is 3.38. The number of aromatic carboxylic acids is 1. The quantitative estimate of drug-likeness (QED) is 0.818. The lowest BCUT2D eigenvalue weighted by molar-refractivity contribution is 0.0656. The van der Waals surface area contributed by atoms with Crippen LogP contribution in [0.3, 0.4) is 0 Å². The van der Waals surface area contributed by atoms with Gasteiger partial charge in [-0.25, -0.2) is 4.79 Å². The second kappa shape index (κ2) is 7.06. The molecule has 0 aliphatic carbocycles. The Bertz CT molecular complexity index is 592. The van der Waals surface area contributed by atoms with Crippen molar-refractivity contribution in [2.45, 2.75) is 20.0 Å². The number of hydrogen-bond donors (Lipinski definition) is 2. The van der Waals surface area contributed by atoms with Crippen molar-refractivity contribution in [3.8, 4) is 0 Å². The fourth-order valence-corrected chi connectivity index (χ4v) is 2.26. The summed E-state index contributed by atoms with van der Waals surface area (Å²) in [4.78, 5) is 13.0. The van der Waals surface area contributed by atoms with Gasteiger partial charge in [-0.3, -0.25) is 4.90 Å². The molecule has 0 aliphatic rings. The Morgan fingerprint density at radius 3 is 2.52 bits per heavy atom. The molecule has 0 bridgehead atoms. The highest BCUT2D eigenvalue weighted by molar-refractivity contribution is 5.86. The topological polar surface area (TPSA) is 73.9 Å². The number of aliphatic hydroxyl groups is 1. The molecule has 0 fully saturated rings. The number of carboxylic acids is 1. The van der Waals surface area contributed by atoms with E-state index >= 15 is 0 Å². The molecule has 5 heteroatoms. The Labute approximate surface area is 123 Å². The Morgan fingerprint density at radius 2 is 1.95 bits per heavy atom. The predicted molar refractivity (Wildman–Crippen MR) is 78.0 cm³/mol. The van der Waals surface area contributed by atoms with Crippen LogP contribution in [-0.4, -0.2) is 34.2 Å². The number of furan rings is 1. The highest BCUT2D eigenvalue weighted by Gasteiger charge is 2.16. The molecule has 0 amide bonds. The molecule has 0 spiro atoms. The van der Waals surface area contributed by atoms with Crippen LogP contribution in [0.4, 0.5) is 0 Å². The van der Waals surface area contributed by atoms with E-state index in [1.807, 2.05) is 35.2 Å². The second-order valence-electron chi connectivity index (χ2n) is 4.95. The standard InChI is InChI=1S/C16H19NO4/c1-12-9-14(21-15(12)16(19)20)11-17(7-8-18)10-13-5-3-2-4-6-13/h2-6,9,18H,7-8,10-11H2,1H3,(H,19,20). The normalized spacial score (nSPS) is 11.0. The van der Waals surface area contributed by atoms with E-state index in [1.165, 1.54) is 0 Å². The summed E-state index contributed by atoms with van der Waals surface area (Å²) in [5, 5.41) is 18.2. The molecule has 2 aromatic rings. The summed E-state index contributed by atoms with van der Waals surface area (Å²) < 4.78 is 5.37. The van der Waals surface area contributed by atoms with Crippen LogP contribution in [0.2, 0.25) is 0 Å². The van der Waals surface area contributed by atoms with Gasteiger partial charge in [0.1, 0.15) is 5.76 Å². The van der Waals surface area contributed by atoms with Gasteiger partial charge in [0, 0.05) is 18.7 Å². The van der Waals surface area contributed by atoms with E-state index in [-0.39, 0.29) is 12.4 Å². The number of rotatable bonds is 7. The van der Waals surface area contributed by atoms with Gasteiger partial charge in [0.05, 0.1) is 13.2 Å². The molecule has 1 aromatic carbocycles. The molecule has 0 aliphatic heterocycles. The van der Waals surface area contributed by atoms with Gasteiger partial charge in [0.25, 0.3) is 0 Å². The summed E-state index contributed by atoms with van der Waals surface area (Å²) in [5.41, 5.74) is 1.74. The first-order chi connectivity index (χ1) is 10.1. The smallest absolute Gasteiger partial charge is 0.372 e. The van der Waals surface area contributed by atoms with Crippen molar-refractivity contribution in [2.75, 3.05) is 13.2 Å². The largest absolute Gasteiger partial charge is 0.475 e. The van der Waals surface area contributed by atoms with Crippen molar-refractivity contribution in [2.24, 2.45) is 0 Å². The average Bonchev–Trinajstić information content (AvgIpc) is 2.81. The van der Waals surface area contributed by atoms with Crippen LogP contribution in [-0.2, 0) is 13.1 Å². The molecule has 5 nitrogen and oxygen atoms in total. The lowest BCUT2D eigenvalue weighted by Gasteiger charge is -2.20. The van der Waals surface area contributed by atoms with Gasteiger partial charge in [-0.05, 0) is 18.6 Å². The molecule has 1 aromatic heterocycles. The zero-order valence-electron chi connectivity index (χ0n) is 12.0. The molecule has 0 saturated carbocycles. The van der Waals surface area contributed by atoms with E-state index in [9.17, 15) is 9.90 Å². The van der Waals surface area contributed by atoms with Crippen LogP contribution in [0.5, 0.6) is 0 Å². The Kier molecular flexibility index (Phi) is 5.14. The summed E-state index contributed by atoms with van der Waals surface area (Å²) in [6.07, 6.45) is 0. The zero-order valence-corrected chi connectivity index (χ0v) is 12.0. The van der Waals surface area contributed by atoms with Gasteiger partial charge >= 0.3 is 5.97 Å². The maximum absolute atomic E-state index is 11.0. The molecule has 21 heavy (non-hydrogen) atoms. The van der Waals surface area contributed by atoms with E-state index in [0.29, 0.717) is 31.0 Å². The summed E-state index contributed by atoms with van der Waals surface area (Å²) in [5.74, 6) is -0.488. The van der Waals surface area contributed by atoms with Crippen molar-refractivity contribution in [1.29, 1.82) is 0 Å². The molecule has 0 atom stereocenters. The average molecular weight is 289 g/mol. The van der Waals surface area contributed by atoms with Crippen LogP contribution < -0.4 is 0 Å². The van der Waals surface area contributed by atoms with Gasteiger partial charge in [-0.2, -0.15) is 0 Å². The Morgan fingerprint density at radius 1 is 1.24 bits per heavy atom. The third kappa shape index (κ3) is 4.18. The minimum absolute atomic E-state index is 0.0198. The van der Waals surface area contributed by atoms with Crippen LogP contribution in [0, 0.1) is 6.92 Å². The summed E-state index contributed by atoms with van der Waals surface area (Å²) >= 11 is 0. The maximum atomic E-state index is 11.0. The Hall–Kier alpha value is -2.11. The third-order valence-electron chi connectivity index (χ3n) is 3.21. The first-order valence-electron chi connectivity index (χ1n) is 6.80. The van der Waals surface area contributed by atoms with Crippen LogP contribution in [0.15, 0.2) is 40.8 Å². The van der Waals surface area contributed by atoms with Crippen LogP contribution in [0.1, 0.15) is 27.4 Å². The monoisotopic (exact) mass is 289 g/mol. The molecule has 0 radical (unpaired) electrons. The van der Waals surface area contributed by atoms with E-state index in [4.69, 9.17) is 9.52 Å². The van der Waals surface area contributed by atoms with Crippen LogP contribution >= 0.6 is 0 Å². The lowest BCUT2D eigenvalue weighted by atomic mass is 10.2. The molecule has 0 unspecified atom stereocenters. The first kappa shape index (κ1) is 15.3. The highest BCUT2D eigenvalue weighted by atomic mass is 16.4. The number of carbonyl (C=O) groups is 1.